The monoisotopic (exact) mass is 314 g/mol. The van der Waals surface area contributed by atoms with Crippen molar-refractivity contribution in [2.75, 3.05) is 12.9 Å². The van der Waals surface area contributed by atoms with Crippen LogP contribution >= 0.6 is 11.8 Å². The van der Waals surface area contributed by atoms with Gasteiger partial charge in [-0.2, -0.15) is 23.7 Å². The van der Waals surface area contributed by atoms with E-state index in [1.807, 2.05) is 0 Å². The average molecular weight is 314 g/mol. The lowest BCUT2D eigenvalue weighted by atomic mass is 10.2. The lowest BCUT2D eigenvalue weighted by Crippen LogP contribution is -2.19. The molecular formula is C12H9F3N4OS. The molecule has 21 heavy (non-hydrogen) atoms. The Labute approximate surface area is 123 Å². The summed E-state index contributed by atoms with van der Waals surface area (Å²) in [6, 6.07) is 5.64. The Hall–Kier alpha value is -2.39. The Morgan fingerprint density at radius 1 is 1.43 bits per heavy atom. The molecule has 110 valence electrons. The zero-order valence-corrected chi connectivity index (χ0v) is 11.5. The van der Waals surface area contributed by atoms with Crippen LogP contribution in [0, 0.1) is 22.8 Å². The minimum atomic E-state index is -4.48. The van der Waals surface area contributed by atoms with E-state index in [0.29, 0.717) is 10.9 Å². The maximum atomic E-state index is 12.1. The Kier molecular flexibility index (Phi) is 5.88. The van der Waals surface area contributed by atoms with E-state index in [0.717, 1.165) is 0 Å². The largest absolute Gasteiger partial charge is 0.483 e. The first kappa shape index (κ1) is 16.7. The lowest BCUT2D eigenvalue weighted by molar-refractivity contribution is -0.153. The van der Waals surface area contributed by atoms with E-state index in [-0.39, 0.29) is 11.3 Å². The van der Waals surface area contributed by atoms with Gasteiger partial charge in [0.25, 0.3) is 0 Å². The van der Waals surface area contributed by atoms with Crippen LogP contribution in [-0.4, -0.2) is 24.2 Å². The van der Waals surface area contributed by atoms with Crippen molar-refractivity contribution in [1.29, 1.82) is 10.5 Å². The molecule has 0 aromatic heterocycles. The molecule has 1 aromatic rings. The summed E-state index contributed by atoms with van der Waals surface area (Å²) in [6.07, 6.45) is -1.09. The fraction of sp³-hybridized carbons (Fsp3) is 0.250. The van der Waals surface area contributed by atoms with Gasteiger partial charge in [-0.1, -0.05) is 11.8 Å². The number of aliphatic imine (C=N–C) groups is 1. The fourth-order valence-corrected chi connectivity index (χ4v) is 1.59. The zero-order chi connectivity index (χ0) is 15.9. The highest BCUT2D eigenvalue weighted by atomic mass is 32.2. The number of nitrogens with zero attached hydrogens (tertiary/aromatic N) is 3. The number of benzene rings is 1. The van der Waals surface area contributed by atoms with E-state index in [1.165, 1.54) is 30.0 Å². The number of halogens is 3. The second kappa shape index (κ2) is 7.41. The molecule has 0 aliphatic carbocycles. The molecule has 0 radical (unpaired) electrons. The zero-order valence-electron chi connectivity index (χ0n) is 10.7. The quantitative estimate of drug-likeness (QED) is 0.401. The van der Waals surface area contributed by atoms with Crippen molar-refractivity contribution in [2.24, 2.45) is 4.99 Å². The van der Waals surface area contributed by atoms with Gasteiger partial charge in [-0.25, -0.2) is 4.99 Å². The van der Waals surface area contributed by atoms with Crippen molar-refractivity contribution in [3.8, 4) is 18.0 Å². The number of amidine groups is 1. The molecule has 0 saturated heterocycles. The molecule has 5 nitrogen and oxygen atoms in total. The van der Waals surface area contributed by atoms with Crippen molar-refractivity contribution < 1.29 is 17.9 Å². The molecule has 9 heteroatoms. The van der Waals surface area contributed by atoms with Gasteiger partial charge in [-0.05, 0) is 24.5 Å². The Balaban J connectivity index is 2.99. The van der Waals surface area contributed by atoms with Gasteiger partial charge in [0, 0.05) is 0 Å². The number of nitrogens with one attached hydrogen (secondary N) is 1. The summed E-state index contributed by atoms with van der Waals surface area (Å²) in [5.41, 5.74) is 0.246. The highest BCUT2D eigenvalue weighted by Crippen LogP contribution is 2.26. The second-order valence-corrected chi connectivity index (χ2v) is 4.35. The van der Waals surface area contributed by atoms with Crippen molar-refractivity contribution in [3.63, 3.8) is 0 Å². The molecule has 0 heterocycles. The van der Waals surface area contributed by atoms with Crippen LogP contribution in [0.5, 0.6) is 5.75 Å². The summed E-state index contributed by atoms with van der Waals surface area (Å²) in [5.74, 6) is -0.173. The maximum Gasteiger partial charge on any atom is 0.422 e. The molecule has 0 aliphatic rings. The van der Waals surface area contributed by atoms with E-state index in [4.69, 9.17) is 10.5 Å². The predicted molar refractivity (Wildman–Crippen MR) is 72.1 cm³/mol. The highest BCUT2D eigenvalue weighted by molar-refractivity contribution is 8.13. The lowest BCUT2D eigenvalue weighted by Gasteiger charge is -2.10. The summed E-state index contributed by atoms with van der Waals surface area (Å²) in [5, 5.41) is 20.1. The summed E-state index contributed by atoms with van der Waals surface area (Å²) < 4.78 is 40.8. The van der Waals surface area contributed by atoms with Crippen LogP contribution in [0.4, 0.5) is 18.9 Å². The predicted octanol–water partition coefficient (Wildman–Crippen LogP) is 2.92. The first-order chi connectivity index (χ1) is 9.89. The number of rotatable bonds is 3. The van der Waals surface area contributed by atoms with E-state index in [2.05, 4.69) is 15.0 Å². The molecule has 0 saturated carbocycles. The van der Waals surface area contributed by atoms with Gasteiger partial charge in [0.05, 0.1) is 11.3 Å². The van der Waals surface area contributed by atoms with Crippen LogP contribution in [0.2, 0.25) is 0 Å². The van der Waals surface area contributed by atoms with E-state index >= 15 is 0 Å². The first-order valence-corrected chi connectivity index (χ1v) is 6.63. The Morgan fingerprint density at radius 2 is 2.14 bits per heavy atom. The van der Waals surface area contributed by atoms with Gasteiger partial charge in [0.1, 0.15) is 11.8 Å². The topological polar surface area (TPSA) is 81.2 Å². The molecular weight excluding hydrogens is 305 g/mol. The van der Waals surface area contributed by atoms with Crippen LogP contribution in [0.25, 0.3) is 0 Å². The molecule has 1 N–H and O–H groups in total. The number of nitriles is 2. The van der Waals surface area contributed by atoms with E-state index in [9.17, 15) is 13.2 Å². The summed E-state index contributed by atoms with van der Waals surface area (Å²) >= 11 is 1.17. The third-order valence-corrected chi connectivity index (χ3v) is 2.64. The third-order valence-electron chi connectivity index (χ3n) is 2.06. The van der Waals surface area contributed by atoms with Crippen LogP contribution < -0.4 is 10.1 Å². The van der Waals surface area contributed by atoms with Crippen LogP contribution in [0.15, 0.2) is 23.2 Å². The summed E-state index contributed by atoms with van der Waals surface area (Å²) in [7, 11) is 0. The molecule has 0 unspecified atom stereocenters. The Bertz CT molecular complexity index is 616. The molecule has 0 aliphatic heterocycles. The molecule has 0 bridgehead atoms. The average Bonchev–Trinajstić information content (AvgIpc) is 2.44. The standard InChI is InChI=1S/C12H9F3N4OS/c1-21-11(18-7-17)19-9-2-3-10(8(4-9)5-16)20-6-12(13,14)15/h2-4H,6H2,1H3,(H,18,19). The van der Waals surface area contributed by atoms with Crippen molar-refractivity contribution in [1.82, 2.24) is 5.32 Å². The maximum absolute atomic E-state index is 12.1. The number of hydrogen-bond donors (Lipinski definition) is 1. The van der Waals surface area contributed by atoms with Gasteiger partial charge in [-0.3, -0.25) is 5.32 Å². The summed E-state index contributed by atoms with van der Waals surface area (Å²) in [6.45, 7) is -1.48. The van der Waals surface area contributed by atoms with Gasteiger partial charge in [-0.15, -0.1) is 0 Å². The van der Waals surface area contributed by atoms with Gasteiger partial charge in [0.15, 0.2) is 18.0 Å². The molecule has 1 aromatic carbocycles. The van der Waals surface area contributed by atoms with Crippen LogP contribution in [-0.2, 0) is 0 Å². The van der Waals surface area contributed by atoms with Crippen LogP contribution in [0.1, 0.15) is 5.56 Å². The first-order valence-electron chi connectivity index (χ1n) is 5.41. The summed E-state index contributed by atoms with van der Waals surface area (Å²) in [4.78, 5) is 4.04. The molecule has 0 amide bonds. The van der Waals surface area contributed by atoms with Crippen molar-refractivity contribution in [2.45, 2.75) is 6.18 Å². The number of hydrogen-bond acceptors (Lipinski definition) is 5. The van der Waals surface area contributed by atoms with Crippen LogP contribution in [0.3, 0.4) is 0 Å². The third kappa shape index (κ3) is 5.63. The molecule has 1 rings (SSSR count). The van der Waals surface area contributed by atoms with E-state index in [1.54, 1.807) is 18.5 Å². The molecule has 0 spiro atoms. The number of thioether (sulfide) groups is 1. The second-order valence-electron chi connectivity index (χ2n) is 3.55. The normalized spacial score (nSPS) is 11.4. The minimum Gasteiger partial charge on any atom is -0.483 e. The van der Waals surface area contributed by atoms with Gasteiger partial charge < -0.3 is 4.74 Å². The van der Waals surface area contributed by atoms with Crippen molar-refractivity contribution >= 4 is 22.6 Å². The SMILES string of the molecule is CSC(=Nc1ccc(OCC(F)(F)F)c(C#N)c1)NC#N. The number of alkyl halides is 3. The smallest absolute Gasteiger partial charge is 0.422 e. The van der Waals surface area contributed by atoms with Gasteiger partial charge in [0.2, 0.25) is 0 Å². The fourth-order valence-electron chi connectivity index (χ4n) is 1.25. The molecule has 0 fully saturated rings. The van der Waals surface area contributed by atoms with Gasteiger partial charge >= 0.3 is 6.18 Å². The highest BCUT2D eigenvalue weighted by Gasteiger charge is 2.28. The molecule has 0 atom stereocenters. The minimum absolute atomic E-state index is 0.0714. The Morgan fingerprint density at radius 3 is 2.67 bits per heavy atom. The van der Waals surface area contributed by atoms with Crippen molar-refractivity contribution in [3.05, 3.63) is 23.8 Å². The van der Waals surface area contributed by atoms with E-state index < -0.39 is 12.8 Å². The number of ether oxygens (including phenoxy) is 1.